The van der Waals surface area contributed by atoms with Crippen molar-refractivity contribution in [2.24, 2.45) is 10.5 Å². The SMILES string of the molecule is NBr.NC(CCC(=O)OCc1ccccc1)C(=O)O.O=C(CCC(Br)C(=O)O)OCc1ccccc1. The van der Waals surface area contributed by atoms with Gasteiger partial charge in [-0.25, -0.2) is 0 Å². The maximum absolute atomic E-state index is 11.3. The number of rotatable bonds is 12. The fourth-order valence-corrected chi connectivity index (χ4v) is 2.61. The second kappa shape index (κ2) is 20.4. The highest BCUT2D eigenvalue weighted by atomic mass is 79.9. The zero-order valence-corrected chi connectivity index (χ0v) is 22.6. The van der Waals surface area contributed by atoms with Crippen LogP contribution in [0, 0.1) is 0 Å². The summed E-state index contributed by atoms with van der Waals surface area (Å²) in [5.41, 5.74) is 7.07. The summed E-state index contributed by atoms with van der Waals surface area (Å²) >= 11 is 5.40. The van der Waals surface area contributed by atoms with Crippen molar-refractivity contribution in [1.29, 1.82) is 0 Å². The molecule has 0 bridgehead atoms. The summed E-state index contributed by atoms with van der Waals surface area (Å²) in [6, 6.07) is 17.6. The van der Waals surface area contributed by atoms with Crippen molar-refractivity contribution >= 4 is 56.0 Å². The lowest BCUT2D eigenvalue weighted by atomic mass is 10.2. The van der Waals surface area contributed by atoms with Gasteiger partial charge in [0.1, 0.15) is 24.1 Å². The molecule has 2 aromatic rings. The van der Waals surface area contributed by atoms with Crippen LogP contribution in [-0.2, 0) is 41.9 Å². The van der Waals surface area contributed by atoms with Gasteiger partial charge < -0.3 is 25.4 Å². The molecule has 0 amide bonds. The second-order valence-corrected chi connectivity index (χ2v) is 8.23. The van der Waals surface area contributed by atoms with E-state index in [1.807, 2.05) is 60.7 Å². The van der Waals surface area contributed by atoms with E-state index in [1.54, 1.807) is 0 Å². The van der Waals surface area contributed by atoms with Crippen LogP contribution in [0.2, 0.25) is 0 Å². The number of esters is 2. The van der Waals surface area contributed by atoms with Crippen LogP contribution in [0.3, 0.4) is 0 Å². The van der Waals surface area contributed by atoms with Crippen LogP contribution in [0.1, 0.15) is 36.8 Å². The summed E-state index contributed by atoms with van der Waals surface area (Å²) in [7, 11) is 0. The Morgan fingerprint density at radius 1 is 0.722 bits per heavy atom. The number of aliphatic carboxylic acids is 2. The first-order valence-electron chi connectivity index (χ1n) is 10.6. The zero-order valence-electron chi connectivity index (χ0n) is 19.4. The van der Waals surface area contributed by atoms with Gasteiger partial charge in [0.2, 0.25) is 0 Å². The Hall–Kier alpha value is -2.80. The van der Waals surface area contributed by atoms with Gasteiger partial charge in [0, 0.05) is 29.0 Å². The van der Waals surface area contributed by atoms with Gasteiger partial charge >= 0.3 is 23.9 Å². The standard InChI is InChI=1S/C12H13BrO4.C12H15NO4.BrH2N/c2*13-10(12(15)16)6-7-11(14)17-8-9-4-2-1-3-5-9;1-2/h1-5,10H,6-8H2,(H,15,16);1-5,10H,6-8,13H2,(H,15,16);2H2. The lowest BCUT2D eigenvalue weighted by molar-refractivity contribution is -0.146. The summed E-state index contributed by atoms with van der Waals surface area (Å²) in [6.07, 6.45) is 0.418. The van der Waals surface area contributed by atoms with Crippen molar-refractivity contribution in [2.45, 2.75) is 49.8 Å². The monoisotopic (exact) mass is 632 g/mol. The molecule has 2 atom stereocenters. The molecule has 2 unspecified atom stereocenters. The van der Waals surface area contributed by atoms with E-state index < -0.39 is 28.8 Å². The molecule has 0 radical (unpaired) electrons. The molecule has 198 valence electrons. The Labute approximate surface area is 226 Å². The largest absolute Gasteiger partial charge is 0.480 e. The lowest BCUT2D eigenvalue weighted by Gasteiger charge is -2.07. The number of carboxylic acids is 2. The highest BCUT2D eigenvalue weighted by Gasteiger charge is 2.15. The Kier molecular flexibility index (Phi) is 18.8. The Morgan fingerprint density at radius 2 is 1.11 bits per heavy atom. The fourth-order valence-electron chi connectivity index (χ4n) is 2.39. The normalized spacial score (nSPS) is 11.3. The Balaban J connectivity index is 0.000000637. The maximum Gasteiger partial charge on any atom is 0.320 e. The third-order valence-corrected chi connectivity index (χ3v) is 5.18. The zero-order chi connectivity index (χ0) is 27.3. The van der Waals surface area contributed by atoms with Crippen LogP contribution >= 0.6 is 32.1 Å². The number of carbonyl (C=O) groups is 4. The Morgan fingerprint density at radius 3 is 1.47 bits per heavy atom. The number of carbonyl (C=O) groups excluding carboxylic acids is 2. The van der Waals surface area contributed by atoms with Gasteiger partial charge in [-0.1, -0.05) is 76.6 Å². The van der Waals surface area contributed by atoms with E-state index in [1.165, 1.54) is 0 Å². The quantitative estimate of drug-likeness (QED) is 0.153. The highest BCUT2D eigenvalue weighted by molar-refractivity contribution is 9.10. The van der Waals surface area contributed by atoms with Gasteiger partial charge in [0.15, 0.2) is 0 Å². The van der Waals surface area contributed by atoms with Crippen LogP contribution in [-0.4, -0.2) is 45.0 Å². The first-order chi connectivity index (χ1) is 17.2. The third kappa shape index (κ3) is 16.8. The molecule has 0 saturated heterocycles. The number of carboxylic acid groups (broad SMARTS) is 2. The number of alkyl halides is 1. The smallest absolute Gasteiger partial charge is 0.320 e. The summed E-state index contributed by atoms with van der Waals surface area (Å²) in [5, 5.41) is 17.1. The van der Waals surface area contributed by atoms with Gasteiger partial charge in [-0.05, 0) is 24.0 Å². The number of ether oxygens (including phenoxy) is 2. The highest BCUT2D eigenvalue weighted by Crippen LogP contribution is 2.10. The average molecular weight is 634 g/mol. The summed E-state index contributed by atoms with van der Waals surface area (Å²) < 4.78 is 14.3. The minimum atomic E-state index is -1.11. The molecule has 10 nitrogen and oxygen atoms in total. The van der Waals surface area contributed by atoms with Gasteiger partial charge in [0.25, 0.3) is 0 Å². The van der Waals surface area contributed by atoms with Crippen molar-refractivity contribution in [3.8, 4) is 0 Å². The molecule has 0 saturated carbocycles. The molecule has 2 aromatic carbocycles. The molecule has 0 heterocycles. The van der Waals surface area contributed by atoms with Crippen LogP contribution in [0.4, 0.5) is 0 Å². The van der Waals surface area contributed by atoms with Gasteiger partial charge in [-0.15, -0.1) is 0 Å². The van der Waals surface area contributed by atoms with Crippen molar-refractivity contribution in [2.75, 3.05) is 0 Å². The molecule has 12 heteroatoms. The Bertz CT molecular complexity index is 841. The minimum absolute atomic E-state index is 0.0142. The molecule has 0 aliphatic carbocycles. The fraction of sp³-hybridized carbons (Fsp3) is 0.333. The van der Waals surface area contributed by atoms with Gasteiger partial charge in [-0.2, -0.15) is 0 Å². The van der Waals surface area contributed by atoms with Gasteiger partial charge in [0.05, 0.1) is 0 Å². The third-order valence-electron chi connectivity index (χ3n) is 4.33. The second-order valence-electron chi connectivity index (χ2n) is 7.12. The molecular weight excluding hydrogens is 604 g/mol. The van der Waals surface area contributed by atoms with E-state index in [4.69, 9.17) is 25.4 Å². The predicted molar refractivity (Wildman–Crippen MR) is 140 cm³/mol. The summed E-state index contributed by atoms with van der Waals surface area (Å²) in [4.78, 5) is 42.8. The number of nitrogens with two attached hydrogens (primary N) is 2. The molecule has 0 aromatic heterocycles. The summed E-state index contributed by atoms with van der Waals surface area (Å²) in [5.74, 6) is -2.91. The molecule has 0 fully saturated rings. The number of hydrogen-bond acceptors (Lipinski definition) is 8. The molecule has 0 spiro atoms. The number of halogens is 2. The van der Waals surface area contributed by atoms with Crippen LogP contribution in [0.25, 0.3) is 0 Å². The average Bonchev–Trinajstić information content (AvgIpc) is 2.90. The molecule has 36 heavy (non-hydrogen) atoms. The van der Waals surface area contributed by atoms with Crippen molar-refractivity contribution in [1.82, 2.24) is 0 Å². The van der Waals surface area contributed by atoms with E-state index in [-0.39, 0.29) is 44.9 Å². The lowest BCUT2D eigenvalue weighted by Crippen LogP contribution is -2.30. The van der Waals surface area contributed by atoms with E-state index in [0.29, 0.717) is 0 Å². The molecule has 0 aliphatic heterocycles. The van der Waals surface area contributed by atoms with Crippen molar-refractivity contribution in [3.63, 3.8) is 0 Å². The van der Waals surface area contributed by atoms with Gasteiger partial charge in [-0.3, -0.25) is 23.9 Å². The maximum atomic E-state index is 11.3. The number of hydrogen-bond donors (Lipinski definition) is 4. The summed E-state index contributed by atoms with van der Waals surface area (Å²) in [6.45, 7) is 0.418. The van der Waals surface area contributed by atoms with E-state index in [2.05, 4.69) is 36.8 Å². The first kappa shape index (κ1) is 33.2. The van der Waals surface area contributed by atoms with Crippen LogP contribution in [0.15, 0.2) is 60.7 Å². The van der Waals surface area contributed by atoms with Crippen LogP contribution < -0.4 is 10.5 Å². The number of benzene rings is 2. The van der Waals surface area contributed by atoms with Crippen molar-refractivity contribution < 1.29 is 38.9 Å². The topological polar surface area (TPSA) is 179 Å². The molecule has 6 N–H and O–H groups in total. The minimum Gasteiger partial charge on any atom is -0.480 e. The predicted octanol–water partition coefficient (Wildman–Crippen LogP) is 3.54. The van der Waals surface area contributed by atoms with Crippen molar-refractivity contribution in [3.05, 3.63) is 71.8 Å². The van der Waals surface area contributed by atoms with E-state index in [9.17, 15) is 19.2 Å². The molecular formula is C24H30Br2N2O8. The van der Waals surface area contributed by atoms with Crippen LogP contribution in [0.5, 0.6) is 0 Å². The van der Waals surface area contributed by atoms with E-state index in [0.717, 1.165) is 11.1 Å². The molecule has 0 aliphatic rings. The molecule has 2 rings (SSSR count). The van der Waals surface area contributed by atoms with E-state index >= 15 is 0 Å². The first-order valence-corrected chi connectivity index (χ1v) is 12.5.